The van der Waals surface area contributed by atoms with Crippen molar-refractivity contribution in [1.82, 2.24) is 10.6 Å². The molecule has 0 aliphatic heterocycles. The van der Waals surface area contributed by atoms with Crippen LogP contribution in [0.15, 0.2) is 24.3 Å². The molecule has 7 heteroatoms. The van der Waals surface area contributed by atoms with E-state index in [1.54, 1.807) is 0 Å². The maximum absolute atomic E-state index is 11.5. The highest BCUT2D eigenvalue weighted by molar-refractivity contribution is 5.94. The first kappa shape index (κ1) is 20.6. The summed E-state index contributed by atoms with van der Waals surface area (Å²) in [6, 6.07) is 7.61. The molecule has 0 spiro atoms. The normalized spacial score (nSPS) is 10.3. The van der Waals surface area contributed by atoms with Crippen molar-refractivity contribution in [2.24, 2.45) is 0 Å². The van der Waals surface area contributed by atoms with Crippen molar-refractivity contribution in [3.05, 3.63) is 35.4 Å². The van der Waals surface area contributed by atoms with Crippen LogP contribution in [0.3, 0.4) is 0 Å². The van der Waals surface area contributed by atoms with Crippen LogP contribution in [-0.4, -0.2) is 43.3 Å². The molecule has 25 heavy (non-hydrogen) atoms. The van der Waals surface area contributed by atoms with Gasteiger partial charge in [0.2, 0.25) is 5.91 Å². The maximum atomic E-state index is 11.5. The lowest BCUT2D eigenvalue weighted by atomic mass is 9.98. The molecule has 0 aliphatic carbocycles. The van der Waals surface area contributed by atoms with Crippen LogP contribution in [0.4, 0.5) is 4.79 Å². The van der Waals surface area contributed by atoms with Crippen LogP contribution in [0, 0.1) is 0 Å². The first-order valence-corrected chi connectivity index (χ1v) is 8.40. The number of benzene rings is 1. The average Bonchev–Trinajstić information content (AvgIpc) is 2.59. The van der Waals surface area contributed by atoms with Crippen LogP contribution in [-0.2, 0) is 27.2 Å². The Bertz CT molecular complexity index is 574. The summed E-state index contributed by atoms with van der Waals surface area (Å²) in [6.45, 7) is 0.153. The molecule has 0 radical (unpaired) electrons. The van der Waals surface area contributed by atoms with Gasteiger partial charge in [-0.25, -0.2) is 9.59 Å². The van der Waals surface area contributed by atoms with E-state index in [1.165, 1.54) is 18.2 Å². The molecule has 0 aliphatic rings. The van der Waals surface area contributed by atoms with Gasteiger partial charge in [-0.3, -0.25) is 10.1 Å². The number of urea groups is 1. The van der Waals surface area contributed by atoms with E-state index in [1.807, 2.05) is 12.1 Å². The van der Waals surface area contributed by atoms with Gasteiger partial charge in [0.15, 0.2) is 0 Å². The number of amides is 3. The Hall–Kier alpha value is -2.41. The Kier molecular flexibility index (Phi) is 9.92. The van der Waals surface area contributed by atoms with Crippen molar-refractivity contribution in [2.75, 3.05) is 20.3 Å². The lowest BCUT2D eigenvalue weighted by molar-refractivity contribution is -0.142. The Morgan fingerprint density at radius 1 is 1.04 bits per heavy atom. The molecular formula is C18H26N2O5. The van der Waals surface area contributed by atoms with Crippen molar-refractivity contribution in [1.29, 1.82) is 0 Å². The van der Waals surface area contributed by atoms with Crippen molar-refractivity contribution in [3.8, 4) is 0 Å². The van der Waals surface area contributed by atoms with Crippen molar-refractivity contribution in [2.45, 2.75) is 38.5 Å². The molecule has 1 aromatic carbocycles. The average molecular weight is 350 g/mol. The predicted octanol–water partition coefficient (Wildman–Crippen LogP) is 1.89. The number of carbonyl (C=O) groups is 3. The quantitative estimate of drug-likeness (QED) is 0.529. The van der Waals surface area contributed by atoms with E-state index < -0.39 is 12.0 Å². The van der Waals surface area contributed by atoms with Crippen molar-refractivity contribution >= 4 is 17.9 Å². The Morgan fingerprint density at radius 3 is 2.28 bits per heavy atom. The molecule has 0 unspecified atom stereocenters. The zero-order chi connectivity index (χ0) is 18.5. The summed E-state index contributed by atoms with van der Waals surface area (Å²) in [6.07, 6.45) is 4.33. The van der Waals surface area contributed by atoms with E-state index in [0.29, 0.717) is 19.4 Å². The number of carboxylic acid groups (broad SMARTS) is 1. The monoisotopic (exact) mass is 350 g/mol. The highest BCUT2D eigenvalue weighted by Crippen LogP contribution is 2.15. The molecule has 0 bridgehead atoms. The standard InChI is InChI=1S/C18H26N2O5/c1-19-18(24)20-16(21)11-5-4-9-14-7-2-3-8-15(14)10-6-12-25-13-17(22)23/h2-3,7-8H,4-6,9-13H2,1H3,(H,22,23)(H2,19,20,21,24). The number of hydrogen-bond acceptors (Lipinski definition) is 4. The van der Waals surface area contributed by atoms with Crippen molar-refractivity contribution < 1.29 is 24.2 Å². The second kappa shape index (κ2) is 12.0. The number of hydrogen-bond donors (Lipinski definition) is 3. The number of carbonyl (C=O) groups excluding carboxylic acids is 2. The van der Waals surface area contributed by atoms with Crippen LogP contribution in [0.2, 0.25) is 0 Å². The summed E-state index contributed by atoms with van der Waals surface area (Å²) in [7, 11) is 1.46. The van der Waals surface area contributed by atoms with Gasteiger partial charge in [0.25, 0.3) is 0 Å². The molecule has 0 atom stereocenters. The van der Waals surface area contributed by atoms with Crippen LogP contribution < -0.4 is 10.6 Å². The maximum Gasteiger partial charge on any atom is 0.329 e. The van der Waals surface area contributed by atoms with E-state index >= 15 is 0 Å². The molecule has 1 rings (SSSR count). The minimum absolute atomic E-state index is 0.264. The Labute approximate surface area is 147 Å². The molecule has 7 nitrogen and oxygen atoms in total. The molecule has 138 valence electrons. The molecule has 0 heterocycles. The van der Waals surface area contributed by atoms with Crippen LogP contribution in [0.1, 0.15) is 36.8 Å². The van der Waals surface area contributed by atoms with E-state index in [-0.39, 0.29) is 12.5 Å². The zero-order valence-electron chi connectivity index (χ0n) is 14.5. The second-order valence-electron chi connectivity index (χ2n) is 5.65. The molecule has 0 saturated carbocycles. The summed E-state index contributed by atoms with van der Waals surface area (Å²) in [5.41, 5.74) is 2.45. The molecule has 0 fully saturated rings. The third kappa shape index (κ3) is 9.46. The van der Waals surface area contributed by atoms with Crippen LogP contribution in [0.5, 0.6) is 0 Å². The lowest BCUT2D eigenvalue weighted by Crippen LogP contribution is -2.37. The molecule has 1 aromatic rings. The summed E-state index contributed by atoms with van der Waals surface area (Å²) in [5.74, 6) is -1.23. The third-order valence-corrected chi connectivity index (χ3v) is 3.66. The molecule has 0 saturated heterocycles. The van der Waals surface area contributed by atoms with E-state index in [0.717, 1.165) is 25.7 Å². The number of rotatable bonds is 11. The van der Waals surface area contributed by atoms with Crippen LogP contribution >= 0.6 is 0 Å². The highest BCUT2D eigenvalue weighted by Gasteiger charge is 2.06. The number of nitrogens with one attached hydrogen (secondary N) is 2. The fourth-order valence-corrected chi connectivity index (χ4v) is 2.42. The Morgan fingerprint density at radius 2 is 1.68 bits per heavy atom. The van der Waals surface area contributed by atoms with Crippen LogP contribution in [0.25, 0.3) is 0 Å². The first-order valence-electron chi connectivity index (χ1n) is 8.40. The highest BCUT2D eigenvalue weighted by atomic mass is 16.5. The van der Waals surface area contributed by atoms with E-state index in [4.69, 9.17) is 9.84 Å². The van der Waals surface area contributed by atoms with Gasteiger partial charge in [-0.05, 0) is 43.2 Å². The van der Waals surface area contributed by atoms with Gasteiger partial charge in [0.1, 0.15) is 6.61 Å². The number of aryl methyl sites for hydroxylation is 2. The first-order chi connectivity index (χ1) is 12.0. The zero-order valence-corrected chi connectivity index (χ0v) is 14.5. The summed E-state index contributed by atoms with van der Waals surface area (Å²) < 4.78 is 5.05. The molecule has 3 amide bonds. The van der Waals surface area contributed by atoms with Gasteiger partial charge in [0.05, 0.1) is 0 Å². The third-order valence-electron chi connectivity index (χ3n) is 3.66. The minimum Gasteiger partial charge on any atom is -0.480 e. The largest absolute Gasteiger partial charge is 0.480 e. The SMILES string of the molecule is CNC(=O)NC(=O)CCCCc1ccccc1CCCOCC(=O)O. The fourth-order valence-electron chi connectivity index (χ4n) is 2.42. The molecule has 0 aromatic heterocycles. The smallest absolute Gasteiger partial charge is 0.329 e. The summed E-state index contributed by atoms with van der Waals surface area (Å²) >= 11 is 0. The van der Waals surface area contributed by atoms with Gasteiger partial charge in [-0.2, -0.15) is 0 Å². The van der Waals surface area contributed by atoms with E-state index in [2.05, 4.69) is 22.8 Å². The number of unbranched alkanes of at least 4 members (excludes halogenated alkanes) is 1. The number of carboxylic acids is 1. The summed E-state index contributed by atoms with van der Waals surface area (Å²) in [5, 5.41) is 13.1. The lowest BCUT2D eigenvalue weighted by Gasteiger charge is -2.09. The van der Waals surface area contributed by atoms with Gasteiger partial charge in [-0.15, -0.1) is 0 Å². The fraction of sp³-hybridized carbons (Fsp3) is 0.500. The van der Waals surface area contributed by atoms with Crippen molar-refractivity contribution in [3.63, 3.8) is 0 Å². The minimum atomic E-state index is -0.958. The number of aliphatic carboxylic acids is 1. The summed E-state index contributed by atoms with van der Waals surface area (Å²) in [4.78, 5) is 32.9. The second-order valence-corrected chi connectivity index (χ2v) is 5.65. The molecule has 3 N–H and O–H groups in total. The van der Waals surface area contributed by atoms with E-state index in [9.17, 15) is 14.4 Å². The number of imide groups is 1. The Balaban J connectivity index is 2.30. The van der Waals surface area contributed by atoms with Gasteiger partial charge in [-0.1, -0.05) is 24.3 Å². The number of ether oxygens (including phenoxy) is 1. The van der Waals surface area contributed by atoms with Gasteiger partial charge >= 0.3 is 12.0 Å². The van der Waals surface area contributed by atoms with Gasteiger partial charge < -0.3 is 15.2 Å². The predicted molar refractivity (Wildman–Crippen MR) is 93.4 cm³/mol. The topological polar surface area (TPSA) is 105 Å². The molecular weight excluding hydrogens is 324 g/mol. The van der Waals surface area contributed by atoms with Gasteiger partial charge in [0, 0.05) is 20.1 Å².